The largest absolute Gasteiger partial charge is 0.744 e. The predicted octanol–water partition coefficient (Wildman–Crippen LogP) is 5.47. The van der Waals surface area contributed by atoms with E-state index in [9.17, 15) is 13.0 Å². The van der Waals surface area contributed by atoms with E-state index in [1.54, 1.807) is 6.07 Å². The molecular formula is C24H18O5S. The maximum Gasteiger partial charge on any atom is 0.361 e. The Morgan fingerprint density at radius 2 is 1.23 bits per heavy atom. The molecule has 0 fully saturated rings. The Balaban J connectivity index is 1.94. The fraction of sp³-hybridized carbons (Fsp3) is 0.0417. The molecule has 0 bridgehead atoms. The van der Waals surface area contributed by atoms with Crippen molar-refractivity contribution in [3.63, 3.8) is 0 Å². The first kappa shape index (κ1) is 19.8. The maximum absolute atomic E-state index is 11.7. The second-order valence-corrected chi connectivity index (χ2v) is 7.97. The minimum atomic E-state index is -4.70. The normalized spacial score (nSPS) is 11.3. The van der Waals surface area contributed by atoms with Gasteiger partial charge in [-0.1, -0.05) is 42.5 Å². The molecule has 30 heavy (non-hydrogen) atoms. The van der Waals surface area contributed by atoms with Gasteiger partial charge in [-0.15, -0.1) is 0 Å². The Hall–Kier alpha value is -3.48. The van der Waals surface area contributed by atoms with Crippen LogP contribution >= 0.6 is 0 Å². The smallest absolute Gasteiger partial charge is 0.361 e. The molecule has 0 atom stereocenters. The highest BCUT2D eigenvalue weighted by atomic mass is 32.2. The Bertz CT molecular complexity index is 1230. The Labute approximate surface area is 175 Å². The molecule has 1 aromatic heterocycles. The Kier molecular flexibility index (Phi) is 5.35. The third-order valence-electron chi connectivity index (χ3n) is 4.68. The minimum Gasteiger partial charge on any atom is -0.744 e. The summed E-state index contributed by atoms with van der Waals surface area (Å²) < 4.78 is 46.4. The van der Waals surface area contributed by atoms with E-state index in [4.69, 9.17) is 9.15 Å². The van der Waals surface area contributed by atoms with Crippen molar-refractivity contribution in [3.05, 3.63) is 91.0 Å². The summed E-state index contributed by atoms with van der Waals surface area (Å²) in [5.41, 5.74) is 3.03. The average molecular weight is 418 g/mol. The topological polar surface area (TPSA) is 77.7 Å². The van der Waals surface area contributed by atoms with Crippen LogP contribution in [0, 0.1) is 0 Å². The van der Waals surface area contributed by atoms with E-state index >= 15 is 0 Å². The lowest BCUT2D eigenvalue weighted by molar-refractivity contribution is 0.395. The van der Waals surface area contributed by atoms with E-state index in [0.717, 1.165) is 11.1 Å². The molecule has 5 nitrogen and oxygen atoms in total. The van der Waals surface area contributed by atoms with Crippen molar-refractivity contribution in [1.82, 2.24) is 0 Å². The molecule has 0 radical (unpaired) electrons. The molecule has 0 amide bonds. The molecular weight excluding hydrogens is 400 g/mol. The summed E-state index contributed by atoms with van der Waals surface area (Å²) in [6.07, 6.45) is 0. The summed E-state index contributed by atoms with van der Waals surface area (Å²) in [5, 5.41) is 0. The van der Waals surface area contributed by atoms with Gasteiger partial charge in [0.2, 0.25) is 0 Å². The summed E-state index contributed by atoms with van der Waals surface area (Å²) in [6.45, 7) is 0. The summed E-state index contributed by atoms with van der Waals surface area (Å²) in [6, 6.07) is 27.4. The lowest BCUT2D eigenvalue weighted by Gasteiger charge is -2.13. The number of ether oxygens (including phenoxy) is 1. The van der Waals surface area contributed by atoms with Gasteiger partial charge in [-0.3, -0.25) is 0 Å². The lowest BCUT2D eigenvalue weighted by Crippen LogP contribution is -2.02. The van der Waals surface area contributed by atoms with Gasteiger partial charge in [0.05, 0.1) is 35.3 Å². The van der Waals surface area contributed by atoms with E-state index in [-0.39, 0.29) is 5.75 Å². The van der Waals surface area contributed by atoms with Crippen molar-refractivity contribution < 1.29 is 22.1 Å². The third kappa shape index (κ3) is 4.10. The van der Waals surface area contributed by atoms with Crippen LogP contribution in [0.4, 0.5) is 0 Å². The van der Waals surface area contributed by atoms with Gasteiger partial charge in [0.25, 0.3) is 0 Å². The van der Waals surface area contributed by atoms with Crippen LogP contribution in [0.1, 0.15) is 0 Å². The summed E-state index contributed by atoms with van der Waals surface area (Å²) in [4.78, 5) is -0.397. The fourth-order valence-electron chi connectivity index (χ4n) is 3.21. The van der Waals surface area contributed by atoms with Crippen molar-refractivity contribution >= 4 is 10.1 Å². The molecule has 150 valence electrons. The van der Waals surface area contributed by atoms with Crippen LogP contribution in [-0.2, 0) is 10.1 Å². The molecule has 1 heterocycles. The molecule has 0 aliphatic heterocycles. The molecule has 0 spiro atoms. The third-order valence-corrected chi connectivity index (χ3v) is 5.53. The summed E-state index contributed by atoms with van der Waals surface area (Å²) in [5.74, 6) is 1.25. The molecule has 3 aromatic carbocycles. The van der Waals surface area contributed by atoms with Crippen LogP contribution in [-0.4, -0.2) is 20.1 Å². The van der Waals surface area contributed by atoms with Gasteiger partial charge in [-0.05, 0) is 42.0 Å². The monoisotopic (exact) mass is 418 g/mol. The minimum absolute atomic E-state index is 0.0148. The Morgan fingerprint density at radius 3 is 1.70 bits per heavy atom. The van der Waals surface area contributed by atoms with E-state index < -0.39 is 15.0 Å². The van der Waals surface area contributed by atoms with Crippen molar-refractivity contribution in [1.29, 1.82) is 0 Å². The van der Waals surface area contributed by atoms with E-state index in [1.165, 1.54) is 19.2 Å². The predicted molar refractivity (Wildman–Crippen MR) is 114 cm³/mol. The fourth-order valence-corrected chi connectivity index (χ4v) is 3.88. The van der Waals surface area contributed by atoms with Gasteiger partial charge in [-0.2, -0.15) is 0 Å². The zero-order valence-corrected chi connectivity index (χ0v) is 16.9. The SMILES string of the molecule is COc1ccc(-c2cc(-c3ccccc3)[o+]c(-c3ccccc3)c2)cc1S(=O)(=O)[O-]. The summed E-state index contributed by atoms with van der Waals surface area (Å²) in [7, 11) is -3.37. The number of benzene rings is 3. The van der Waals surface area contributed by atoms with Crippen LogP contribution in [0.3, 0.4) is 0 Å². The van der Waals surface area contributed by atoms with E-state index in [0.29, 0.717) is 22.6 Å². The molecule has 0 N–H and O–H groups in total. The number of hydrogen-bond donors (Lipinski definition) is 0. The van der Waals surface area contributed by atoms with Crippen molar-refractivity contribution in [2.75, 3.05) is 7.11 Å². The highest BCUT2D eigenvalue weighted by Gasteiger charge is 2.21. The number of hydrogen-bond acceptors (Lipinski definition) is 4. The second kappa shape index (κ2) is 8.10. The van der Waals surface area contributed by atoms with Gasteiger partial charge in [0.15, 0.2) is 0 Å². The zero-order chi connectivity index (χ0) is 21.1. The van der Waals surface area contributed by atoms with E-state index in [2.05, 4.69) is 0 Å². The number of methoxy groups -OCH3 is 1. The van der Waals surface area contributed by atoms with Gasteiger partial charge < -0.3 is 9.29 Å². The Morgan fingerprint density at radius 1 is 0.700 bits per heavy atom. The second-order valence-electron chi connectivity index (χ2n) is 6.63. The van der Waals surface area contributed by atoms with Gasteiger partial charge in [-0.25, -0.2) is 12.8 Å². The molecule has 0 aliphatic carbocycles. The first-order valence-electron chi connectivity index (χ1n) is 9.19. The molecule has 0 aliphatic rings. The molecule has 0 unspecified atom stereocenters. The molecule has 4 rings (SSSR count). The first-order chi connectivity index (χ1) is 14.5. The van der Waals surface area contributed by atoms with Gasteiger partial charge >= 0.3 is 11.5 Å². The zero-order valence-electron chi connectivity index (χ0n) is 16.1. The van der Waals surface area contributed by atoms with Crippen LogP contribution in [0.25, 0.3) is 33.8 Å². The summed E-state index contributed by atoms with van der Waals surface area (Å²) >= 11 is 0. The van der Waals surface area contributed by atoms with Gasteiger partial charge in [0.1, 0.15) is 15.9 Å². The van der Waals surface area contributed by atoms with Crippen molar-refractivity contribution in [3.8, 4) is 39.5 Å². The molecule has 6 heteroatoms. The van der Waals surface area contributed by atoms with Crippen LogP contribution < -0.4 is 4.74 Å². The van der Waals surface area contributed by atoms with Crippen molar-refractivity contribution in [2.24, 2.45) is 0 Å². The molecule has 0 saturated carbocycles. The van der Waals surface area contributed by atoms with Crippen LogP contribution in [0.2, 0.25) is 0 Å². The number of rotatable bonds is 5. The van der Waals surface area contributed by atoms with Crippen molar-refractivity contribution in [2.45, 2.75) is 4.90 Å². The standard InChI is InChI=1S/C24H18O5S/c1-28-21-13-12-19(16-24(21)30(25,26)27)20-14-22(17-8-4-2-5-9-17)29-23(15-20)18-10-6-3-7-11-18/h2-16H,1H3. The van der Waals surface area contributed by atoms with Crippen LogP contribution in [0.15, 0.2) is 100 Å². The van der Waals surface area contributed by atoms with Crippen LogP contribution in [0.5, 0.6) is 5.75 Å². The first-order valence-corrected chi connectivity index (χ1v) is 10.6. The van der Waals surface area contributed by atoms with Gasteiger partial charge in [0, 0.05) is 5.56 Å². The average Bonchev–Trinajstić information content (AvgIpc) is 2.79. The lowest BCUT2D eigenvalue weighted by atomic mass is 10.0. The van der Waals surface area contributed by atoms with E-state index in [1.807, 2.05) is 72.8 Å². The highest BCUT2D eigenvalue weighted by Crippen LogP contribution is 2.35. The molecule has 4 aromatic rings. The molecule has 0 saturated heterocycles. The quantitative estimate of drug-likeness (QED) is 0.317. The maximum atomic E-state index is 11.7. The highest BCUT2D eigenvalue weighted by molar-refractivity contribution is 7.85.